The van der Waals surface area contributed by atoms with E-state index in [9.17, 15) is 9.90 Å². The summed E-state index contributed by atoms with van der Waals surface area (Å²) < 4.78 is 0. The summed E-state index contributed by atoms with van der Waals surface area (Å²) in [6.45, 7) is 6.51. The maximum absolute atomic E-state index is 11.2. The molecule has 0 saturated heterocycles. The quantitative estimate of drug-likeness (QED) is 0.888. The van der Waals surface area contributed by atoms with Gasteiger partial charge < -0.3 is 10.0 Å². The predicted molar refractivity (Wildman–Crippen MR) is 73.4 cm³/mol. The highest BCUT2D eigenvalue weighted by Gasteiger charge is 2.21. The number of hydrogen-bond donors (Lipinski definition) is 1. The first kappa shape index (κ1) is 12.9. The van der Waals surface area contributed by atoms with Gasteiger partial charge in [0.15, 0.2) is 0 Å². The molecular weight excluding hydrogens is 226 g/mol. The predicted octanol–water partition coefficient (Wildman–Crippen LogP) is 3.18. The molecule has 0 aromatic heterocycles. The molecule has 3 nitrogen and oxygen atoms in total. The van der Waals surface area contributed by atoms with Crippen LogP contribution in [-0.4, -0.2) is 24.2 Å². The number of rotatable bonds is 4. The lowest BCUT2D eigenvalue weighted by molar-refractivity contribution is 0.0695. The van der Waals surface area contributed by atoms with Crippen LogP contribution >= 0.6 is 0 Å². The summed E-state index contributed by atoms with van der Waals surface area (Å²) in [6.07, 6.45) is 3.09. The lowest BCUT2D eigenvalue weighted by Gasteiger charge is -2.32. The van der Waals surface area contributed by atoms with Crippen molar-refractivity contribution >= 4 is 11.7 Å². The van der Waals surface area contributed by atoms with E-state index in [4.69, 9.17) is 0 Å². The molecule has 0 atom stereocenters. The molecule has 0 bridgehead atoms. The fourth-order valence-corrected chi connectivity index (χ4v) is 2.55. The van der Waals surface area contributed by atoms with Crippen molar-refractivity contribution in [3.63, 3.8) is 0 Å². The number of carboxylic acid groups (broad SMARTS) is 1. The van der Waals surface area contributed by atoms with Crippen LogP contribution in [0.5, 0.6) is 0 Å². The molecule has 0 unspecified atom stereocenters. The summed E-state index contributed by atoms with van der Waals surface area (Å²) >= 11 is 0. The van der Waals surface area contributed by atoms with E-state index in [1.165, 1.54) is 0 Å². The molecule has 0 amide bonds. The number of aromatic carboxylic acids is 1. The van der Waals surface area contributed by atoms with Gasteiger partial charge in [-0.1, -0.05) is 19.9 Å². The summed E-state index contributed by atoms with van der Waals surface area (Å²) in [7, 11) is 0. The van der Waals surface area contributed by atoms with E-state index in [2.05, 4.69) is 24.8 Å². The first-order valence-corrected chi connectivity index (χ1v) is 6.69. The summed E-state index contributed by atoms with van der Waals surface area (Å²) in [4.78, 5) is 13.6. The Morgan fingerprint density at radius 1 is 1.44 bits per heavy atom. The van der Waals surface area contributed by atoms with Crippen molar-refractivity contribution < 1.29 is 9.90 Å². The standard InChI is InChI=1S/C15H21NO2/c1-11(2)8-10-16-9-4-6-12-13(15(17)18)5-3-7-14(12)16/h3,5,7,11H,4,6,8-10H2,1-2H3,(H,17,18). The molecule has 0 aliphatic carbocycles. The highest BCUT2D eigenvalue weighted by atomic mass is 16.4. The molecule has 0 spiro atoms. The molecule has 0 radical (unpaired) electrons. The molecule has 3 heteroatoms. The van der Waals surface area contributed by atoms with Crippen LogP contribution in [0.3, 0.4) is 0 Å². The van der Waals surface area contributed by atoms with Crippen LogP contribution in [0.25, 0.3) is 0 Å². The average Bonchev–Trinajstić information content (AvgIpc) is 2.35. The van der Waals surface area contributed by atoms with E-state index in [0.29, 0.717) is 11.5 Å². The van der Waals surface area contributed by atoms with Gasteiger partial charge in [-0.3, -0.25) is 0 Å². The van der Waals surface area contributed by atoms with Gasteiger partial charge in [-0.05, 0) is 42.9 Å². The Hall–Kier alpha value is -1.51. The fourth-order valence-electron chi connectivity index (χ4n) is 2.55. The SMILES string of the molecule is CC(C)CCN1CCCc2c(C(=O)O)cccc21. The van der Waals surface area contributed by atoms with Gasteiger partial charge >= 0.3 is 5.97 Å². The van der Waals surface area contributed by atoms with E-state index in [1.54, 1.807) is 6.07 Å². The third kappa shape index (κ3) is 2.66. The van der Waals surface area contributed by atoms with Gasteiger partial charge in [0.2, 0.25) is 0 Å². The number of hydrogen-bond acceptors (Lipinski definition) is 2. The van der Waals surface area contributed by atoms with Crippen molar-refractivity contribution in [3.8, 4) is 0 Å². The molecular formula is C15H21NO2. The minimum Gasteiger partial charge on any atom is -0.478 e. The van der Waals surface area contributed by atoms with Gasteiger partial charge in [-0.2, -0.15) is 0 Å². The lowest BCUT2D eigenvalue weighted by atomic mass is 9.95. The third-order valence-corrected chi connectivity index (χ3v) is 3.55. The van der Waals surface area contributed by atoms with E-state index in [0.717, 1.165) is 43.6 Å². The second-order valence-corrected chi connectivity index (χ2v) is 5.38. The molecule has 1 aromatic rings. The van der Waals surface area contributed by atoms with Crippen molar-refractivity contribution in [2.24, 2.45) is 5.92 Å². The van der Waals surface area contributed by atoms with Crippen molar-refractivity contribution in [3.05, 3.63) is 29.3 Å². The first-order chi connectivity index (χ1) is 8.59. The van der Waals surface area contributed by atoms with Gasteiger partial charge in [0.05, 0.1) is 5.56 Å². The zero-order chi connectivity index (χ0) is 13.1. The van der Waals surface area contributed by atoms with Crippen LogP contribution < -0.4 is 4.90 Å². The molecule has 1 aliphatic rings. The maximum Gasteiger partial charge on any atom is 0.336 e. The molecule has 18 heavy (non-hydrogen) atoms. The summed E-state index contributed by atoms with van der Waals surface area (Å²) in [5.41, 5.74) is 2.61. The number of anilines is 1. The summed E-state index contributed by atoms with van der Waals surface area (Å²) in [5, 5.41) is 9.23. The minimum atomic E-state index is -0.808. The number of carbonyl (C=O) groups is 1. The van der Waals surface area contributed by atoms with Crippen molar-refractivity contribution in [1.29, 1.82) is 0 Å². The normalized spacial score (nSPS) is 14.7. The molecule has 98 valence electrons. The van der Waals surface area contributed by atoms with E-state index in [1.807, 2.05) is 6.07 Å². The Bertz CT molecular complexity index is 440. The van der Waals surface area contributed by atoms with E-state index < -0.39 is 5.97 Å². The van der Waals surface area contributed by atoms with E-state index in [-0.39, 0.29) is 0 Å². The zero-order valence-electron chi connectivity index (χ0n) is 11.1. The summed E-state index contributed by atoms with van der Waals surface area (Å²) in [5.74, 6) is -0.129. The Balaban J connectivity index is 2.26. The monoisotopic (exact) mass is 247 g/mol. The lowest BCUT2D eigenvalue weighted by Crippen LogP contribution is -2.31. The second kappa shape index (κ2) is 5.42. The van der Waals surface area contributed by atoms with Crippen molar-refractivity contribution in [2.75, 3.05) is 18.0 Å². The Morgan fingerprint density at radius 2 is 2.22 bits per heavy atom. The van der Waals surface area contributed by atoms with Crippen LogP contribution in [0, 0.1) is 5.92 Å². The van der Waals surface area contributed by atoms with Crippen molar-refractivity contribution in [2.45, 2.75) is 33.1 Å². The van der Waals surface area contributed by atoms with Gasteiger partial charge in [0, 0.05) is 18.8 Å². The zero-order valence-corrected chi connectivity index (χ0v) is 11.1. The highest BCUT2D eigenvalue weighted by molar-refractivity contribution is 5.91. The molecule has 1 aliphatic heterocycles. The van der Waals surface area contributed by atoms with Crippen LogP contribution in [0.1, 0.15) is 42.6 Å². The topological polar surface area (TPSA) is 40.5 Å². The average molecular weight is 247 g/mol. The molecule has 0 saturated carbocycles. The molecule has 0 fully saturated rings. The maximum atomic E-state index is 11.2. The molecule has 1 aromatic carbocycles. The fraction of sp³-hybridized carbons (Fsp3) is 0.533. The van der Waals surface area contributed by atoms with Gasteiger partial charge in [-0.15, -0.1) is 0 Å². The number of benzene rings is 1. The largest absolute Gasteiger partial charge is 0.478 e. The van der Waals surface area contributed by atoms with E-state index >= 15 is 0 Å². The number of fused-ring (bicyclic) bond motifs is 1. The number of carboxylic acids is 1. The smallest absolute Gasteiger partial charge is 0.336 e. The van der Waals surface area contributed by atoms with Crippen LogP contribution in [-0.2, 0) is 6.42 Å². The minimum absolute atomic E-state index is 0.474. The molecule has 1 N–H and O–H groups in total. The highest BCUT2D eigenvalue weighted by Crippen LogP contribution is 2.30. The number of nitrogens with zero attached hydrogens (tertiary/aromatic N) is 1. The first-order valence-electron chi connectivity index (χ1n) is 6.69. The second-order valence-electron chi connectivity index (χ2n) is 5.38. The van der Waals surface area contributed by atoms with Crippen LogP contribution in [0.2, 0.25) is 0 Å². The Kier molecular flexibility index (Phi) is 3.90. The van der Waals surface area contributed by atoms with Gasteiger partial charge in [0.25, 0.3) is 0 Å². The van der Waals surface area contributed by atoms with Crippen LogP contribution in [0.15, 0.2) is 18.2 Å². The Morgan fingerprint density at radius 3 is 2.89 bits per heavy atom. The third-order valence-electron chi connectivity index (χ3n) is 3.55. The van der Waals surface area contributed by atoms with Gasteiger partial charge in [0.1, 0.15) is 0 Å². The Labute approximate surface area is 108 Å². The molecule has 1 heterocycles. The summed E-state index contributed by atoms with van der Waals surface area (Å²) in [6, 6.07) is 5.63. The van der Waals surface area contributed by atoms with Crippen molar-refractivity contribution in [1.82, 2.24) is 0 Å². The van der Waals surface area contributed by atoms with Gasteiger partial charge in [-0.25, -0.2) is 4.79 Å². The van der Waals surface area contributed by atoms with Crippen LogP contribution in [0.4, 0.5) is 5.69 Å². The molecule has 2 rings (SSSR count).